The van der Waals surface area contributed by atoms with E-state index in [9.17, 15) is 43.2 Å². The number of carbonyl (C=O) groups is 4. The summed E-state index contributed by atoms with van der Waals surface area (Å²) in [4.78, 5) is 73.0. The number of carbonyl (C=O) groups excluding carboxylic acids is 4. The topological polar surface area (TPSA) is 237 Å². The number of unbranched alkanes of at least 4 members (excludes halogenated alkanes) is 40. The fraction of sp³-hybridized carbons (Fsp3) is 0.807. The summed E-state index contributed by atoms with van der Waals surface area (Å²) in [7, 11) is -9.96. The lowest BCUT2D eigenvalue weighted by molar-refractivity contribution is -0.161. The van der Waals surface area contributed by atoms with E-state index in [0.29, 0.717) is 32.1 Å². The minimum absolute atomic E-state index is 0.0760. The number of aliphatic hydroxyl groups is 1. The molecule has 0 rings (SSSR count). The Kier molecular flexibility index (Phi) is 73.1. The van der Waals surface area contributed by atoms with Crippen LogP contribution in [0.15, 0.2) is 72.9 Å². The number of hydrogen-bond donors (Lipinski definition) is 3. The number of rotatable bonds is 78. The molecule has 0 bridgehead atoms. The zero-order valence-electron chi connectivity index (χ0n) is 65.0. The lowest BCUT2D eigenvalue weighted by atomic mass is 10.0. The van der Waals surface area contributed by atoms with E-state index in [-0.39, 0.29) is 25.7 Å². The maximum absolute atomic E-state index is 13.1. The second-order valence-corrected chi connectivity index (χ2v) is 30.6. The van der Waals surface area contributed by atoms with Crippen molar-refractivity contribution in [2.75, 3.05) is 39.6 Å². The van der Waals surface area contributed by atoms with Crippen molar-refractivity contribution in [3.05, 3.63) is 72.9 Å². The van der Waals surface area contributed by atoms with Crippen molar-refractivity contribution < 1.29 is 80.2 Å². The highest BCUT2D eigenvalue weighted by Gasteiger charge is 2.30. The van der Waals surface area contributed by atoms with E-state index in [4.69, 9.17) is 37.0 Å². The molecule has 0 aliphatic rings. The standard InChI is InChI=1S/C83H150O17P2/c1-5-9-13-17-21-25-29-33-37-38-42-44-48-52-56-60-64-68-81(86)94-74-79(100-83(88)70-66-62-58-54-50-46-41-36-32-28-24-20-16-12-8-4)76-98-102(91,92)96-72-77(84)71-95-101(89,90)97-75-78(99-82(87)69-65-61-57-53-49-45-40-35-31-27-23-19-15-11-7-3)73-93-80(85)67-63-59-55-51-47-43-39-34-30-26-22-18-14-10-6-2/h21,25,33,35-37,40-42,44,52,56,77-79,84H,5-20,22-24,26-32,34,38-39,43,45-51,53-55,57-76H2,1-4H3,(H,89,90)(H,91,92)/b25-21-,37-33-,40-35-,41-36-,44-42-,56-52-/t77-,78-,79-/m1/s1. The van der Waals surface area contributed by atoms with Crippen LogP contribution in [0.3, 0.4) is 0 Å². The number of phosphoric acid groups is 2. The van der Waals surface area contributed by atoms with Gasteiger partial charge in [0, 0.05) is 25.7 Å². The number of aliphatic hydroxyl groups excluding tert-OH is 1. The molecule has 102 heavy (non-hydrogen) atoms. The van der Waals surface area contributed by atoms with Crippen LogP contribution in [-0.4, -0.2) is 96.7 Å². The zero-order valence-corrected chi connectivity index (χ0v) is 66.8. The molecule has 594 valence electrons. The third-order valence-electron chi connectivity index (χ3n) is 17.6. The lowest BCUT2D eigenvalue weighted by Gasteiger charge is -2.21. The Balaban J connectivity index is 5.39. The van der Waals surface area contributed by atoms with Crippen LogP contribution in [0.4, 0.5) is 0 Å². The first-order chi connectivity index (χ1) is 49.7. The summed E-state index contributed by atoms with van der Waals surface area (Å²) in [5, 5.41) is 10.6. The number of hydrogen-bond acceptors (Lipinski definition) is 15. The average molecular weight is 1480 g/mol. The molecule has 0 saturated carbocycles. The van der Waals surface area contributed by atoms with Gasteiger partial charge in [0.1, 0.15) is 19.3 Å². The number of esters is 4. The molecule has 17 nitrogen and oxygen atoms in total. The first-order valence-electron chi connectivity index (χ1n) is 41.2. The van der Waals surface area contributed by atoms with Gasteiger partial charge in [-0.25, -0.2) is 9.13 Å². The minimum atomic E-state index is -4.99. The molecule has 0 aromatic carbocycles. The predicted octanol–water partition coefficient (Wildman–Crippen LogP) is 24.0. The van der Waals surface area contributed by atoms with Crippen LogP contribution in [0.1, 0.15) is 374 Å². The van der Waals surface area contributed by atoms with Gasteiger partial charge in [-0.05, 0) is 116 Å². The van der Waals surface area contributed by atoms with Crippen LogP contribution in [0, 0.1) is 0 Å². The van der Waals surface area contributed by atoms with Crippen molar-refractivity contribution in [3.63, 3.8) is 0 Å². The van der Waals surface area contributed by atoms with E-state index in [0.717, 1.165) is 122 Å². The maximum atomic E-state index is 13.1. The van der Waals surface area contributed by atoms with E-state index in [1.54, 1.807) is 0 Å². The first kappa shape index (κ1) is 98.5. The summed E-state index contributed by atoms with van der Waals surface area (Å²) < 4.78 is 68.6. The molecular weight excluding hydrogens is 1330 g/mol. The van der Waals surface area contributed by atoms with Gasteiger partial charge in [-0.2, -0.15) is 0 Å². The Morgan fingerprint density at radius 1 is 0.275 bits per heavy atom. The molecule has 0 radical (unpaired) electrons. The van der Waals surface area contributed by atoms with Gasteiger partial charge in [0.05, 0.1) is 26.4 Å². The fourth-order valence-corrected chi connectivity index (χ4v) is 12.9. The van der Waals surface area contributed by atoms with Crippen molar-refractivity contribution >= 4 is 39.5 Å². The highest BCUT2D eigenvalue weighted by Crippen LogP contribution is 2.45. The van der Waals surface area contributed by atoms with Crippen LogP contribution in [0.25, 0.3) is 0 Å². The molecule has 2 unspecified atom stereocenters. The largest absolute Gasteiger partial charge is 0.472 e. The molecule has 0 fully saturated rings. The predicted molar refractivity (Wildman–Crippen MR) is 418 cm³/mol. The molecule has 5 atom stereocenters. The number of phosphoric ester groups is 2. The Labute approximate surface area is 622 Å². The van der Waals surface area contributed by atoms with Crippen molar-refractivity contribution in [1.82, 2.24) is 0 Å². The molecule has 0 aromatic heterocycles. The van der Waals surface area contributed by atoms with Crippen LogP contribution in [0.2, 0.25) is 0 Å². The van der Waals surface area contributed by atoms with Crippen LogP contribution in [0.5, 0.6) is 0 Å². The van der Waals surface area contributed by atoms with Crippen molar-refractivity contribution in [2.24, 2.45) is 0 Å². The number of ether oxygens (including phenoxy) is 4. The molecule has 0 aromatic rings. The smallest absolute Gasteiger partial charge is 0.462 e. The monoisotopic (exact) mass is 1480 g/mol. The van der Waals surface area contributed by atoms with Crippen molar-refractivity contribution in [2.45, 2.75) is 393 Å². The summed E-state index contributed by atoms with van der Waals surface area (Å²) in [6.45, 7) is 4.83. The Hall–Kier alpha value is -3.50. The van der Waals surface area contributed by atoms with Gasteiger partial charge in [-0.3, -0.25) is 37.3 Å². The molecule has 0 saturated heterocycles. The quantitative estimate of drug-likeness (QED) is 0.0169. The minimum Gasteiger partial charge on any atom is -0.462 e. The van der Waals surface area contributed by atoms with Gasteiger partial charge in [0.2, 0.25) is 0 Å². The summed E-state index contributed by atoms with van der Waals surface area (Å²) in [6, 6.07) is 0. The summed E-state index contributed by atoms with van der Waals surface area (Å²) >= 11 is 0. The first-order valence-corrected chi connectivity index (χ1v) is 44.2. The highest BCUT2D eigenvalue weighted by atomic mass is 31.2. The van der Waals surface area contributed by atoms with E-state index < -0.39 is 97.5 Å². The SMILES string of the molecule is CCCCC/C=C\C/C=C\C/C=C\C/C=C\CCCC(=O)OC[C@H](COP(=O)(O)OC[C@H](O)COP(=O)(O)OC[C@@H](COC(=O)CCCCCCCCCCCCCCCCC)OC(=O)CCCCCCC/C=C\CCCCCCCC)OC(=O)CCCCCCC/C=C\CCCCCCCC. The van der Waals surface area contributed by atoms with Gasteiger partial charge in [-0.1, -0.05) is 306 Å². The van der Waals surface area contributed by atoms with E-state index in [1.807, 2.05) is 12.2 Å². The van der Waals surface area contributed by atoms with E-state index in [2.05, 4.69) is 88.5 Å². The summed E-state index contributed by atoms with van der Waals surface area (Å²) in [6.07, 6.45) is 77.3. The summed E-state index contributed by atoms with van der Waals surface area (Å²) in [5.41, 5.74) is 0. The van der Waals surface area contributed by atoms with Gasteiger partial charge in [0.15, 0.2) is 12.2 Å². The molecule has 0 spiro atoms. The molecule has 0 amide bonds. The Bertz CT molecular complexity index is 2210. The van der Waals surface area contributed by atoms with E-state index in [1.165, 1.54) is 167 Å². The normalized spacial score (nSPS) is 14.2. The lowest BCUT2D eigenvalue weighted by Crippen LogP contribution is -2.30. The molecule has 3 N–H and O–H groups in total. The third-order valence-corrected chi connectivity index (χ3v) is 19.5. The zero-order chi connectivity index (χ0) is 74.6. The Morgan fingerprint density at radius 2 is 0.490 bits per heavy atom. The third kappa shape index (κ3) is 74.8. The van der Waals surface area contributed by atoms with Crippen molar-refractivity contribution in [1.29, 1.82) is 0 Å². The van der Waals surface area contributed by atoms with Gasteiger partial charge < -0.3 is 33.8 Å². The van der Waals surface area contributed by atoms with Crippen LogP contribution >= 0.6 is 15.6 Å². The average Bonchev–Trinajstić information content (AvgIpc) is 0.923. The van der Waals surface area contributed by atoms with Gasteiger partial charge in [-0.15, -0.1) is 0 Å². The second-order valence-electron chi connectivity index (χ2n) is 27.7. The van der Waals surface area contributed by atoms with Crippen molar-refractivity contribution in [3.8, 4) is 0 Å². The Morgan fingerprint density at radius 3 is 0.804 bits per heavy atom. The fourth-order valence-electron chi connectivity index (χ4n) is 11.3. The molecule has 19 heteroatoms. The molecule has 0 heterocycles. The highest BCUT2D eigenvalue weighted by molar-refractivity contribution is 7.47. The van der Waals surface area contributed by atoms with Gasteiger partial charge in [0.25, 0.3) is 0 Å². The maximum Gasteiger partial charge on any atom is 0.472 e. The van der Waals surface area contributed by atoms with E-state index >= 15 is 0 Å². The molecule has 0 aliphatic heterocycles. The molecular formula is C83H150O17P2. The van der Waals surface area contributed by atoms with Crippen LogP contribution < -0.4 is 0 Å². The second kappa shape index (κ2) is 75.7. The number of allylic oxidation sites excluding steroid dienone is 12. The molecule has 0 aliphatic carbocycles. The van der Waals surface area contributed by atoms with Crippen LogP contribution in [-0.2, 0) is 65.4 Å². The van der Waals surface area contributed by atoms with Gasteiger partial charge >= 0.3 is 39.5 Å². The summed E-state index contributed by atoms with van der Waals surface area (Å²) in [5.74, 6) is -2.23.